The zero-order chi connectivity index (χ0) is 18.2. The zero-order valence-corrected chi connectivity index (χ0v) is 19.0. The third kappa shape index (κ3) is 7.86. The van der Waals surface area contributed by atoms with E-state index < -0.39 is 0 Å². The molecule has 1 heterocycles. The van der Waals surface area contributed by atoms with Crippen LogP contribution in [-0.4, -0.2) is 38.4 Å². The summed E-state index contributed by atoms with van der Waals surface area (Å²) in [7, 11) is 0. The van der Waals surface area contributed by atoms with Crippen LogP contribution in [0, 0.1) is 12.8 Å². The molecule has 5 nitrogen and oxygen atoms in total. The van der Waals surface area contributed by atoms with Crippen LogP contribution in [0.5, 0.6) is 5.75 Å². The molecule has 0 aromatic heterocycles. The van der Waals surface area contributed by atoms with Gasteiger partial charge in [0.2, 0.25) is 0 Å². The number of ether oxygens (including phenoxy) is 2. The molecule has 152 valence electrons. The Morgan fingerprint density at radius 3 is 2.81 bits per heavy atom. The summed E-state index contributed by atoms with van der Waals surface area (Å²) in [5, 5.41) is 6.78. The maximum atomic E-state index is 6.08. The van der Waals surface area contributed by atoms with Crippen molar-refractivity contribution in [2.24, 2.45) is 10.9 Å². The van der Waals surface area contributed by atoms with Crippen LogP contribution in [0.1, 0.15) is 50.2 Å². The van der Waals surface area contributed by atoms with Crippen molar-refractivity contribution in [3.63, 3.8) is 0 Å². The highest BCUT2D eigenvalue weighted by Crippen LogP contribution is 2.31. The molecule has 1 unspecified atom stereocenters. The van der Waals surface area contributed by atoms with E-state index in [1.165, 1.54) is 24.8 Å². The van der Waals surface area contributed by atoms with Crippen molar-refractivity contribution in [3.8, 4) is 5.75 Å². The van der Waals surface area contributed by atoms with Crippen LogP contribution in [0.15, 0.2) is 23.2 Å². The average molecular weight is 487 g/mol. The Bertz CT molecular complexity index is 599. The van der Waals surface area contributed by atoms with E-state index in [0.717, 1.165) is 55.7 Å². The van der Waals surface area contributed by atoms with Gasteiger partial charge >= 0.3 is 0 Å². The van der Waals surface area contributed by atoms with Crippen LogP contribution in [0.4, 0.5) is 0 Å². The van der Waals surface area contributed by atoms with Gasteiger partial charge in [-0.15, -0.1) is 24.0 Å². The monoisotopic (exact) mass is 487 g/mol. The van der Waals surface area contributed by atoms with Gasteiger partial charge in [-0.05, 0) is 50.7 Å². The number of rotatable bonds is 9. The molecule has 1 atom stereocenters. The van der Waals surface area contributed by atoms with Gasteiger partial charge in [-0.1, -0.05) is 25.0 Å². The van der Waals surface area contributed by atoms with Crippen molar-refractivity contribution in [2.75, 3.05) is 26.3 Å². The first-order chi connectivity index (χ1) is 12.7. The van der Waals surface area contributed by atoms with E-state index in [1.807, 2.05) is 0 Å². The molecule has 27 heavy (non-hydrogen) atoms. The Morgan fingerprint density at radius 2 is 2.11 bits per heavy atom. The van der Waals surface area contributed by atoms with Crippen LogP contribution in [0.3, 0.4) is 0 Å². The molecule has 1 aliphatic carbocycles. The molecule has 1 saturated carbocycles. The van der Waals surface area contributed by atoms with Gasteiger partial charge in [0.25, 0.3) is 0 Å². The average Bonchev–Trinajstić information content (AvgIpc) is 3.31. The summed E-state index contributed by atoms with van der Waals surface area (Å²) in [6.45, 7) is 8.14. The maximum absolute atomic E-state index is 6.08. The van der Waals surface area contributed by atoms with Crippen LogP contribution in [0.2, 0.25) is 0 Å². The molecule has 0 bridgehead atoms. The lowest BCUT2D eigenvalue weighted by Crippen LogP contribution is -2.37. The van der Waals surface area contributed by atoms with E-state index in [0.29, 0.717) is 13.2 Å². The van der Waals surface area contributed by atoms with Crippen molar-refractivity contribution in [3.05, 3.63) is 29.3 Å². The van der Waals surface area contributed by atoms with Gasteiger partial charge in [-0.25, -0.2) is 4.99 Å². The molecular formula is C21H34IN3O2. The molecule has 3 rings (SSSR count). The second-order valence-electron chi connectivity index (χ2n) is 7.41. The minimum absolute atomic E-state index is 0. The maximum Gasteiger partial charge on any atom is 0.191 e. The predicted octanol–water partition coefficient (Wildman–Crippen LogP) is 4.03. The third-order valence-corrected chi connectivity index (χ3v) is 4.97. The molecule has 1 aliphatic heterocycles. The standard InChI is InChI=1S/C21H33N3O2.HI/c1-3-22-21(23-11-10-17-7-8-17)24-14-18-9-6-16(2)13-20(18)26-15-19-5-4-12-25-19;/h6,9,13,17,19H,3-5,7-8,10-12,14-15H2,1-2H3,(H2,22,23,24);1H. The fourth-order valence-corrected chi connectivity index (χ4v) is 3.19. The number of hydrogen-bond acceptors (Lipinski definition) is 3. The third-order valence-electron chi connectivity index (χ3n) is 4.97. The van der Waals surface area contributed by atoms with Gasteiger partial charge in [0.1, 0.15) is 12.4 Å². The zero-order valence-electron chi connectivity index (χ0n) is 16.6. The summed E-state index contributed by atoms with van der Waals surface area (Å²) >= 11 is 0. The lowest BCUT2D eigenvalue weighted by atomic mass is 10.1. The smallest absolute Gasteiger partial charge is 0.191 e. The first-order valence-electron chi connectivity index (χ1n) is 10.1. The van der Waals surface area contributed by atoms with E-state index in [4.69, 9.17) is 14.5 Å². The Morgan fingerprint density at radius 1 is 1.26 bits per heavy atom. The normalized spacial score (nSPS) is 19.5. The van der Waals surface area contributed by atoms with Gasteiger partial charge in [0.05, 0.1) is 12.6 Å². The first-order valence-corrected chi connectivity index (χ1v) is 10.1. The summed E-state index contributed by atoms with van der Waals surface area (Å²) < 4.78 is 11.8. The molecule has 1 aromatic carbocycles. The van der Waals surface area contributed by atoms with Crippen molar-refractivity contribution in [1.82, 2.24) is 10.6 Å². The van der Waals surface area contributed by atoms with Gasteiger partial charge < -0.3 is 20.1 Å². The van der Waals surface area contributed by atoms with Crippen LogP contribution >= 0.6 is 24.0 Å². The molecular weight excluding hydrogens is 453 g/mol. The molecule has 6 heteroatoms. The molecule has 2 fully saturated rings. The first kappa shape index (κ1) is 22.3. The van der Waals surface area contributed by atoms with E-state index >= 15 is 0 Å². The summed E-state index contributed by atoms with van der Waals surface area (Å²) in [4.78, 5) is 4.75. The molecule has 2 N–H and O–H groups in total. The van der Waals surface area contributed by atoms with E-state index in [9.17, 15) is 0 Å². The number of guanidine groups is 1. The van der Waals surface area contributed by atoms with Gasteiger partial charge in [-0.3, -0.25) is 0 Å². The lowest BCUT2D eigenvalue weighted by molar-refractivity contribution is 0.0676. The summed E-state index contributed by atoms with van der Waals surface area (Å²) in [6, 6.07) is 6.35. The van der Waals surface area contributed by atoms with E-state index in [2.05, 4.69) is 42.7 Å². The quantitative estimate of drug-likeness (QED) is 0.314. The Balaban J connectivity index is 0.00000261. The minimum Gasteiger partial charge on any atom is -0.491 e. The van der Waals surface area contributed by atoms with Crippen molar-refractivity contribution >= 4 is 29.9 Å². The summed E-state index contributed by atoms with van der Waals surface area (Å²) in [5.41, 5.74) is 2.32. The molecule has 0 amide bonds. The number of hydrogen-bond donors (Lipinski definition) is 2. The number of aryl methyl sites for hydroxylation is 1. The second-order valence-corrected chi connectivity index (χ2v) is 7.41. The van der Waals surface area contributed by atoms with E-state index in [-0.39, 0.29) is 30.1 Å². The minimum atomic E-state index is 0. The summed E-state index contributed by atoms with van der Waals surface area (Å²) in [5.74, 6) is 2.75. The highest BCUT2D eigenvalue weighted by molar-refractivity contribution is 14.0. The SMILES string of the molecule is CCNC(=NCc1ccc(C)cc1OCC1CCCO1)NCCC1CC1.I. The van der Waals surface area contributed by atoms with Crippen LogP contribution < -0.4 is 15.4 Å². The van der Waals surface area contributed by atoms with Gasteiger partial charge in [0, 0.05) is 25.3 Å². The van der Waals surface area contributed by atoms with Crippen LogP contribution in [0.25, 0.3) is 0 Å². The largest absolute Gasteiger partial charge is 0.491 e. The van der Waals surface area contributed by atoms with Crippen LogP contribution in [-0.2, 0) is 11.3 Å². The van der Waals surface area contributed by atoms with Crippen molar-refractivity contribution in [2.45, 2.75) is 58.6 Å². The number of aliphatic imine (C=N–C) groups is 1. The molecule has 1 saturated heterocycles. The Hall–Kier alpha value is -1.02. The number of nitrogens with zero attached hydrogens (tertiary/aromatic N) is 1. The molecule has 0 radical (unpaired) electrons. The number of nitrogens with one attached hydrogen (secondary N) is 2. The highest BCUT2D eigenvalue weighted by Gasteiger charge is 2.20. The van der Waals surface area contributed by atoms with Crippen molar-refractivity contribution in [1.29, 1.82) is 0 Å². The second kappa shape index (κ2) is 11.7. The van der Waals surface area contributed by atoms with Crippen molar-refractivity contribution < 1.29 is 9.47 Å². The van der Waals surface area contributed by atoms with E-state index in [1.54, 1.807) is 0 Å². The fourth-order valence-electron chi connectivity index (χ4n) is 3.19. The summed E-state index contributed by atoms with van der Waals surface area (Å²) in [6.07, 6.45) is 6.49. The highest BCUT2D eigenvalue weighted by atomic mass is 127. The molecule has 1 aromatic rings. The van der Waals surface area contributed by atoms with Gasteiger partial charge in [0.15, 0.2) is 5.96 Å². The number of benzene rings is 1. The number of halogens is 1. The fraction of sp³-hybridized carbons (Fsp3) is 0.667. The lowest BCUT2D eigenvalue weighted by Gasteiger charge is -2.15. The molecule has 0 spiro atoms. The topological polar surface area (TPSA) is 54.9 Å². The molecule has 2 aliphatic rings. The Labute approximate surface area is 180 Å². The predicted molar refractivity (Wildman–Crippen MR) is 121 cm³/mol. The Kier molecular flexibility index (Phi) is 9.68. The van der Waals surface area contributed by atoms with Gasteiger partial charge in [-0.2, -0.15) is 0 Å².